The van der Waals surface area contributed by atoms with Crippen molar-refractivity contribution >= 4 is 44.2 Å². The number of rotatable bonds is 6. The van der Waals surface area contributed by atoms with Crippen molar-refractivity contribution in [1.29, 1.82) is 0 Å². The molecule has 2 heterocycles. The maximum absolute atomic E-state index is 13.5. The molecule has 8 heteroatoms. The minimum Gasteiger partial charge on any atom is -0.493 e. The lowest BCUT2D eigenvalue weighted by molar-refractivity contribution is 0.0917. The number of nitrogens with zero attached hydrogens (tertiary/aromatic N) is 2. The van der Waals surface area contributed by atoms with Gasteiger partial charge in [0.05, 0.1) is 42.1 Å². The van der Waals surface area contributed by atoms with Crippen LogP contribution in [0.1, 0.15) is 23.2 Å². The van der Waals surface area contributed by atoms with E-state index in [0.29, 0.717) is 40.4 Å². The lowest BCUT2D eigenvalue weighted by Crippen LogP contribution is -2.37. The van der Waals surface area contributed by atoms with Gasteiger partial charge in [-0.25, -0.2) is 4.98 Å². The lowest BCUT2D eigenvalue weighted by Gasteiger charge is -2.23. The molecule has 6 nitrogen and oxygen atoms in total. The minimum absolute atomic E-state index is 0.0124. The number of carbonyl (C=O) groups excluding carboxylic acids is 1. The summed E-state index contributed by atoms with van der Waals surface area (Å²) in [5.74, 6) is 0.600. The van der Waals surface area contributed by atoms with Crippen LogP contribution < -0.4 is 14.4 Å². The largest absolute Gasteiger partial charge is 0.493 e. The van der Waals surface area contributed by atoms with Gasteiger partial charge in [0.15, 0.2) is 16.6 Å². The zero-order valence-electron chi connectivity index (χ0n) is 16.2. The molecule has 0 spiro atoms. The molecule has 29 heavy (non-hydrogen) atoms. The van der Waals surface area contributed by atoms with E-state index >= 15 is 0 Å². The van der Waals surface area contributed by atoms with Crippen molar-refractivity contribution in [3.63, 3.8) is 0 Å². The second kappa shape index (κ2) is 8.57. The third kappa shape index (κ3) is 4.03. The van der Waals surface area contributed by atoms with E-state index in [9.17, 15) is 4.79 Å². The first-order chi connectivity index (χ1) is 14.1. The Morgan fingerprint density at radius 3 is 2.83 bits per heavy atom. The van der Waals surface area contributed by atoms with Crippen LogP contribution >= 0.6 is 22.9 Å². The lowest BCUT2D eigenvalue weighted by atomic mass is 10.1. The number of hydrogen-bond acceptors (Lipinski definition) is 6. The van der Waals surface area contributed by atoms with Crippen LogP contribution in [-0.2, 0) is 4.74 Å². The molecule has 0 aliphatic carbocycles. The number of halogens is 1. The van der Waals surface area contributed by atoms with Gasteiger partial charge >= 0.3 is 0 Å². The number of hydrogen-bond donors (Lipinski definition) is 0. The summed E-state index contributed by atoms with van der Waals surface area (Å²) >= 11 is 7.81. The second-order valence-corrected chi connectivity index (χ2v) is 8.12. The number of benzene rings is 2. The maximum atomic E-state index is 13.5. The van der Waals surface area contributed by atoms with Gasteiger partial charge in [-0.15, -0.1) is 0 Å². The van der Waals surface area contributed by atoms with E-state index in [1.165, 1.54) is 25.6 Å². The van der Waals surface area contributed by atoms with Crippen molar-refractivity contribution in [2.75, 3.05) is 32.3 Å². The summed E-state index contributed by atoms with van der Waals surface area (Å²) in [5, 5.41) is 0.953. The van der Waals surface area contributed by atoms with Gasteiger partial charge in [0, 0.05) is 12.2 Å². The zero-order chi connectivity index (χ0) is 20.4. The van der Waals surface area contributed by atoms with E-state index in [4.69, 9.17) is 25.8 Å². The standard InChI is InChI=1S/C21H21ClN2O4S/c1-26-17-11-13(10-15(22)19(17)27-2)20(25)24(12-14-6-5-9-28-14)21-23-16-7-3-4-8-18(16)29-21/h3-4,7-8,10-11,14H,5-6,9,12H2,1-2H3. The number of para-hydroxylation sites is 1. The molecule has 1 aliphatic heterocycles. The summed E-state index contributed by atoms with van der Waals surface area (Å²) in [6.45, 7) is 1.15. The van der Waals surface area contributed by atoms with E-state index in [-0.39, 0.29) is 12.0 Å². The van der Waals surface area contributed by atoms with Crippen molar-refractivity contribution in [2.45, 2.75) is 18.9 Å². The van der Waals surface area contributed by atoms with E-state index < -0.39 is 0 Å². The third-order valence-corrected chi connectivity index (χ3v) is 6.19. The molecule has 1 amide bonds. The Labute approximate surface area is 178 Å². The fourth-order valence-electron chi connectivity index (χ4n) is 3.41. The zero-order valence-corrected chi connectivity index (χ0v) is 17.8. The predicted octanol–water partition coefficient (Wildman–Crippen LogP) is 4.79. The first-order valence-electron chi connectivity index (χ1n) is 9.31. The molecule has 0 saturated carbocycles. The molecule has 1 aromatic heterocycles. The predicted molar refractivity (Wildman–Crippen MR) is 115 cm³/mol. The molecular weight excluding hydrogens is 412 g/mol. The van der Waals surface area contributed by atoms with Gasteiger partial charge in [0.2, 0.25) is 0 Å². The summed E-state index contributed by atoms with van der Waals surface area (Å²) in [4.78, 5) is 19.9. The molecule has 2 aromatic carbocycles. The topological polar surface area (TPSA) is 60.9 Å². The van der Waals surface area contributed by atoms with Crippen LogP contribution in [0, 0.1) is 0 Å². The Kier molecular flexibility index (Phi) is 5.89. The van der Waals surface area contributed by atoms with E-state index in [0.717, 1.165) is 23.1 Å². The van der Waals surface area contributed by atoms with Gasteiger partial charge in [0.1, 0.15) is 0 Å². The molecule has 1 aliphatic rings. The quantitative estimate of drug-likeness (QED) is 0.560. The fraction of sp³-hybridized carbons (Fsp3) is 0.333. The highest BCUT2D eigenvalue weighted by atomic mass is 35.5. The second-order valence-electron chi connectivity index (χ2n) is 6.71. The van der Waals surface area contributed by atoms with Crippen LogP contribution in [0.4, 0.5) is 5.13 Å². The summed E-state index contributed by atoms with van der Waals surface area (Å²) < 4.78 is 17.4. The SMILES string of the molecule is COc1cc(C(=O)N(CC2CCCO2)c2nc3ccccc3s2)cc(Cl)c1OC. The Bertz CT molecular complexity index is 1000. The summed E-state index contributed by atoms with van der Waals surface area (Å²) in [6.07, 6.45) is 1.90. The molecule has 152 valence electrons. The molecule has 1 unspecified atom stereocenters. The van der Waals surface area contributed by atoms with Crippen molar-refractivity contribution in [2.24, 2.45) is 0 Å². The molecular formula is C21H21ClN2O4S. The number of fused-ring (bicyclic) bond motifs is 1. The van der Waals surface area contributed by atoms with Crippen LogP contribution in [-0.4, -0.2) is 44.4 Å². The van der Waals surface area contributed by atoms with Crippen LogP contribution in [0.25, 0.3) is 10.2 Å². The maximum Gasteiger partial charge on any atom is 0.260 e. The van der Waals surface area contributed by atoms with Gasteiger partial charge < -0.3 is 14.2 Å². The molecule has 0 N–H and O–H groups in total. The highest BCUT2D eigenvalue weighted by Crippen LogP contribution is 2.37. The smallest absolute Gasteiger partial charge is 0.260 e. The molecule has 0 radical (unpaired) electrons. The monoisotopic (exact) mass is 432 g/mol. The number of ether oxygens (including phenoxy) is 3. The normalized spacial score (nSPS) is 16.2. The van der Waals surface area contributed by atoms with Crippen LogP contribution in [0.5, 0.6) is 11.5 Å². The summed E-state index contributed by atoms with van der Waals surface area (Å²) in [5.41, 5.74) is 1.27. The van der Waals surface area contributed by atoms with E-state index in [2.05, 4.69) is 4.98 Å². The average molecular weight is 433 g/mol. The fourth-order valence-corrected chi connectivity index (χ4v) is 4.67. The van der Waals surface area contributed by atoms with E-state index in [1.54, 1.807) is 17.0 Å². The van der Waals surface area contributed by atoms with Gasteiger partial charge in [-0.05, 0) is 37.1 Å². The first kappa shape index (κ1) is 19.9. The van der Waals surface area contributed by atoms with Crippen molar-refractivity contribution in [3.8, 4) is 11.5 Å². The first-order valence-corrected chi connectivity index (χ1v) is 10.5. The minimum atomic E-state index is -0.206. The number of amides is 1. The Balaban J connectivity index is 1.74. The average Bonchev–Trinajstić information content (AvgIpc) is 3.40. The van der Waals surface area contributed by atoms with Crippen LogP contribution in [0.15, 0.2) is 36.4 Å². The Hall–Kier alpha value is -2.35. The Morgan fingerprint density at radius 1 is 1.31 bits per heavy atom. The summed E-state index contributed by atoms with van der Waals surface area (Å²) in [7, 11) is 3.02. The molecule has 1 saturated heterocycles. The van der Waals surface area contributed by atoms with Crippen molar-refractivity contribution in [3.05, 3.63) is 47.0 Å². The van der Waals surface area contributed by atoms with Gasteiger partial charge in [-0.3, -0.25) is 9.69 Å². The summed E-state index contributed by atoms with van der Waals surface area (Å²) in [6, 6.07) is 11.1. The van der Waals surface area contributed by atoms with Gasteiger partial charge in [-0.1, -0.05) is 35.1 Å². The molecule has 4 rings (SSSR count). The van der Waals surface area contributed by atoms with Crippen molar-refractivity contribution < 1.29 is 19.0 Å². The number of aromatic nitrogens is 1. The number of thiazole rings is 1. The number of methoxy groups -OCH3 is 2. The molecule has 3 aromatic rings. The number of carbonyl (C=O) groups is 1. The molecule has 0 bridgehead atoms. The van der Waals surface area contributed by atoms with Crippen molar-refractivity contribution in [1.82, 2.24) is 4.98 Å². The van der Waals surface area contributed by atoms with Crippen LogP contribution in [0.2, 0.25) is 5.02 Å². The van der Waals surface area contributed by atoms with E-state index in [1.807, 2.05) is 24.3 Å². The highest BCUT2D eigenvalue weighted by Gasteiger charge is 2.28. The molecule has 1 atom stereocenters. The number of anilines is 1. The van der Waals surface area contributed by atoms with Gasteiger partial charge in [0.25, 0.3) is 5.91 Å². The van der Waals surface area contributed by atoms with Gasteiger partial charge in [-0.2, -0.15) is 0 Å². The Morgan fingerprint density at radius 2 is 2.14 bits per heavy atom. The van der Waals surface area contributed by atoms with Crippen LogP contribution in [0.3, 0.4) is 0 Å². The highest BCUT2D eigenvalue weighted by molar-refractivity contribution is 7.22. The molecule has 1 fully saturated rings. The third-order valence-electron chi connectivity index (χ3n) is 4.85.